The summed E-state index contributed by atoms with van der Waals surface area (Å²) in [7, 11) is 0. The number of carbonyl (C=O) groups is 1. The molecule has 0 saturated carbocycles. The molecule has 2 aromatic heterocycles. The fourth-order valence-electron chi connectivity index (χ4n) is 3.52. The number of rotatable bonds is 9. The van der Waals surface area contributed by atoms with Crippen molar-refractivity contribution in [3.63, 3.8) is 0 Å². The molecule has 0 aliphatic heterocycles. The van der Waals surface area contributed by atoms with Gasteiger partial charge in [-0.3, -0.25) is 4.79 Å². The Bertz CT molecular complexity index is 1360. The van der Waals surface area contributed by atoms with Gasteiger partial charge in [0.25, 0.3) is 0 Å². The van der Waals surface area contributed by atoms with E-state index in [-0.39, 0.29) is 19.0 Å². The van der Waals surface area contributed by atoms with Crippen LogP contribution < -0.4 is 14.9 Å². The Morgan fingerprint density at radius 3 is 2.54 bits per heavy atom. The van der Waals surface area contributed by atoms with Crippen LogP contribution >= 0.6 is 0 Å². The number of furan rings is 1. The topological polar surface area (TPSA) is 102 Å². The van der Waals surface area contributed by atoms with Crippen molar-refractivity contribution in [2.75, 3.05) is 6.61 Å². The molecule has 0 aliphatic carbocycles. The highest BCUT2D eigenvalue weighted by molar-refractivity contribution is 5.92. The maximum absolute atomic E-state index is 12.3. The molecule has 0 fully saturated rings. The van der Waals surface area contributed by atoms with Crippen molar-refractivity contribution in [1.82, 2.24) is 9.99 Å². The normalized spacial score (nSPS) is 10.8. The van der Waals surface area contributed by atoms with E-state index in [4.69, 9.17) is 19.2 Å². The summed E-state index contributed by atoms with van der Waals surface area (Å²) < 4.78 is 18.8. The third-order valence-corrected chi connectivity index (χ3v) is 5.17. The quantitative estimate of drug-likeness (QED) is 0.277. The second kappa shape index (κ2) is 10.9. The van der Waals surface area contributed by atoms with Crippen LogP contribution in [0.4, 0.5) is 0 Å². The van der Waals surface area contributed by atoms with Crippen LogP contribution in [-0.2, 0) is 6.61 Å². The first-order chi connectivity index (χ1) is 17.0. The fraction of sp³-hybridized carbons (Fsp3) is 0.148. The summed E-state index contributed by atoms with van der Waals surface area (Å²) in [6.07, 6.45) is 1.48. The van der Waals surface area contributed by atoms with E-state index >= 15 is 0 Å². The van der Waals surface area contributed by atoms with Gasteiger partial charge in [-0.2, -0.15) is 10.4 Å². The van der Waals surface area contributed by atoms with Crippen molar-refractivity contribution < 1.29 is 18.7 Å². The molecular weight excluding hydrogens is 444 g/mol. The Kier molecular flexibility index (Phi) is 7.28. The SMILES string of the molecule is Cc1ccc(C)n1-c1ccc(OCc2ccc(C(=O)NN=Cc3cccc(OCC#N)c3)o2)cc1. The predicted molar refractivity (Wildman–Crippen MR) is 131 cm³/mol. The average molecular weight is 469 g/mol. The largest absolute Gasteiger partial charge is 0.486 e. The van der Waals surface area contributed by atoms with Gasteiger partial charge in [0.2, 0.25) is 0 Å². The lowest BCUT2D eigenvalue weighted by atomic mass is 10.2. The highest BCUT2D eigenvalue weighted by Gasteiger charge is 2.11. The van der Waals surface area contributed by atoms with Crippen molar-refractivity contribution in [1.29, 1.82) is 5.26 Å². The summed E-state index contributed by atoms with van der Waals surface area (Å²) in [6.45, 7) is 4.28. The van der Waals surface area contributed by atoms with Gasteiger partial charge in [0.15, 0.2) is 12.4 Å². The summed E-state index contributed by atoms with van der Waals surface area (Å²) in [5.41, 5.74) is 6.54. The van der Waals surface area contributed by atoms with Crippen molar-refractivity contribution in [2.24, 2.45) is 5.10 Å². The second-order valence-corrected chi connectivity index (χ2v) is 7.72. The summed E-state index contributed by atoms with van der Waals surface area (Å²) >= 11 is 0. The molecule has 2 heterocycles. The minimum absolute atomic E-state index is 0.0413. The number of hydrogen-bond acceptors (Lipinski definition) is 6. The van der Waals surface area contributed by atoms with Crippen LogP contribution in [0.25, 0.3) is 5.69 Å². The molecule has 8 heteroatoms. The molecule has 0 unspecified atom stereocenters. The molecule has 4 rings (SSSR count). The number of nitrogens with one attached hydrogen (secondary N) is 1. The van der Waals surface area contributed by atoms with Crippen molar-refractivity contribution in [3.05, 3.63) is 101 Å². The Hall–Kier alpha value is -4.77. The van der Waals surface area contributed by atoms with Gasteiger partial charge in [-0.1, -0.05) is 12.1 Å². The van der Waals surface area contributed by atoms with Gasteiger partial charge in [0.1, 0.15) is 29.9 Å². The Morgan fingerprint density at radius 2 is 1.80 bits per heavy atom. The molecule has 4 aromatic rings. The summed E-state index contributed by atoms with van der Waals surface area (Å²) in [5, 5.41) is 12.5. The molecule has 8 nitrogen and oxygen atoms in total. The zero-order chi connectivity index (χ0) is 24.6. The third kappa shape index (κ3) is 5.97. The number of carbonyl (C=O) groups excluding carboxylic acids is 1. The molecule has 35 heavy (non-hydrogen) atoms. The van der Waals surface area contributed by atoms with Gasteiger partial charge in [-0.05, 0) is 80.1 Å². The number of benzene rings is 2. The first-order valence-corrected chi connectivity index (χ1v) is 10.9. The maximum atomic E-state index is 12.3. The standard InChI is InChI=1S/C27H24N4O4/c1-19-6-7-20(2)31(19)22-8-10-23(11-9-22)34-18-25-12-13-26(35-25)27(32)30-29-17-21-4-3-5-24(16-21)33-15-14-28/h3-13,16-17H,15,18H2,1-2H3,(H,30,32). The lowest BCUT2D eigenvalue weighted by molar-refractivity contribution is 0.0923. The predicted octanol–water partition coefficient (Wildman–Crippen LogP) is 4.93. The lowest BCUT2D eigenvalue weighted by Crippen LogP contribution is -2.16. The summed E-state index contributed by atoms with van der Waals surface area (Å²) in [5.74, 6) is 1.40. The number of amides is 1. The monoisotopic (exact) mass is 468 g/mol. The van der Waals surface area contributed by atoms with Crippen molar-refractivity contribution in [2.45, 2.75) is 20.5 Å². The van der Waals surface area contributed by atoms with Gasteiger partial charge in [-0.25, -0.2) is 5.43 Å². The van der Waals surface area contributed by atoms with Crippen molar-refractivity contribution in [3.8, 4) is 23.3 Å². The number of nitrogens with zero attached hydrogens (tertiary/aromatic N) is 3. The highest BCUT2D eigenvalue weighted by Crippen LogP contribution is 2.21. The molecule has 2 aromatic carbocycles. The summed E-state index contributed by atoms with van der Waals surface area (Å²) in [6, 6.07) is 24.2. The van der Waals surface area contributed by atoms with Crippen LogP contribution in [0.1, 0.15) is 33.3 Å². The van der Waals surface area contributed by atoms with Crippen molar-refractivity contribution >= 4 is 12.1 Å². The second-order valence-electron chi connectivity index (χ2n) is 7.72. The number of aromatic nitrogens is 1. The van der Waals surface area contributed by atoms with E-state index < -0.39 is 5.91 Å². The van der Waals surface area contributed by atoms with E-state index in [1.165, 1.54) is 17.6 Å². The maximum Gasteiger partial charge on any atom is 0.307 e. The minimum atomic E-state index is -0.480. The molecule has 0 aliphatic rings. The van der Waals surface area contributed by atoms with E-state index in [1.54, 1.807) is 36.4 Å². The smallest absolute Gasteiger partial charge is 0.307 e. The molecule has 0 atom stereocenters. The van der Waals surface area contributed by atoms with E-state index in [0.717, 1.165) is 5.69 Å². The van der Waals surface area contributed by atoms with Crippen LogP contribution in [0, 0.1) is 25.2 Å². The molecule has 176 valence electrons. The number of ether oxygens (including phenoxy) is 2. The zero-order valence-corrected chi connectivity index (χ0v) is 19.4. The van der Waals surface area contributed by atoms with Gasteiger partial charge in [0, 0.05) is 17.1 Å². The van der Waals surface area contributed by atoms with E-state index in [1.807, 2.05) is 30.3 Å². The van der Waals surface area contributed by atoms with E-state index in [2.05, 4.69) is 41.1 Å². The molecule has 0 saturated heterocycles. The van der Waals surface area contributed by atoms with Gasteiger partial charge in [-0.15, -0.1) is 0 Å². The van der Waals surface area contributed by atoms with Crippen LogP contribution in [0.2, 0.25) is 0 Å². The Labute approximate surface area is 203 Å². The minimum Gasteiger partial charge on any atom is -0.486 e. The van der Waals surface area contributed by atoms with Crippen LogP contribution in [-0.4, -0.2) is 23.3 Å². The third-order valence-electron chi connectivity index (χ3n) is 5.17. The molecule has 0 radical (unpaired) electrons. The zero-order valence-electron chi connectivity index (χ0n) is 19.4. The molecule has 1 amide bonds. The van der Waals surface area contributed by atoms with Gasteiger partial charge >= 0.3 is 5.91 Å². The lowest BCUT2D eigenvalue weighted by Gasteiger charge is -2.10. The first kappa shape index (κ1) is 23.4. The van der Waals surface area contributed by atoms with E-state index in [9.17, 15) is 4.79 Å². The average Bonchev–Trinajstić information content (AvgIpc) is 3.48. The van der Waals surface area contributed by atoms with Crippen LogP contribution in [0.3, 0.4) is 0 Å². The van der Waals surface area contributed by atoms with Crippen LogP contribution in [0.5, 0.6) is 11.5 Å². The Morgan fingerprint density at radius 1 is 1.03 bits per heavy atom. The number of hydrazone groups is 1. The molecule has 1 N–H and O–H groups in total. The summed E-state index contributed by atoms with van der Waals surface area (Å²) in [4.78, 5) is 12.3. The fourth-order valence-corrected chi connectivity index (χ4v) is 3.52. The van der Waals surface area contributed by atoms with Gasteiger partial charge in [0.05, 0.1) is 6.21 Å². The molecule has 0 bridgehead atoms. The number of aryl methyl sites for hydroxylation is 2. The molecule has 0 spiro atoms. The van der Waals surface area contributed by atoms with E-state index in [0.29, 0.717) is 22.8 Å². The first-order valence-electron chi connectivity index (χ1n) is 10.9. The number of nitriles is 1. The highest BCUT2D eigenvalue weighted by atomic mass is 16.5. The number of hydrogen-bond donors (Lipinski definition) is 1. The van der Waals surface area contributed by atoms with Crippen LogP contribution in [0.15, 0.2) is 82.3 Å². The van der Waals surface area contributed by atoms with Gasteiger partial charge < -0.3 is 18.5 Å². The molecular formula is C27H24N4O4. The Balaban J connectivity index is 1.29.